The lowest BCUT2D eigenvalue weighted by atomic mass is 10.1. The van der Waals surface area contributed by atoms with E-state index in [2.05, 4.69) is 0 Å². The van der Waals surface area contributed by atoms with Crippen molar-refractivity contribution < 1.29 is 10.0 Å². The minimum Gasteiger partial charge on any atom is -0.392 e. The molecule has 0 aromatic heterocycles. The molecule has 5 heteroatoms. The lowest BCUT2D eigenvalue weighted by Gasteiger charge is -2.19. The number of benzene rings is 2. The van der Waals surface area contributed by atoms with Crippen LogP contribution in [0.2, 0.25) is 0 Å². The number of nitrogens with zero attached hydrogens (tertiary/aromatic N) is 2. The molecule has 0 radical (unpaired) electrons. The second-order valence-corrected chi connectivity index (χ2v) is 4.63. The first-order valence-corrected chi connectivity index (χ1v) is 6.21. The van der Waals surface area contributed by atoms with Crippen LogP contribution >= 0.6 is 0 Å². The highest BCUT2D eigenvalue weighted by molar-refractivity contribution is 5.72. The number of anilines is 2. The van der Waals surface area contributed by atoms with Crippen LogP contribution in [-0.4, -0.2) is 17.1 Å². The van der Waals surface area contributed by atoms with E-state index in [1.165, 1.54) is 6.07 Å². The SMILES string of the molecule is Cc1ccc(N(C)c2ccc(CO)cc2[N+](=O)[O-])cc1. The molecule has 0 aliphatic carbocycles. The van der Waals surface area contributed by atoms with Crippen molar-refractivity contribution >= 4 is 17.1 Å². The van der Waals surface area contributed by atoms with Gasteiger partial charge in [-0.1, -0.05) is 23.8 Å². The predicted octanol–water partition coefficient (Wildman–Crippen LogP) is 3.16. The fourth-order valence-corrected chi connectivity index (χ4v) is 2.00. The normalized spacial score (nSPS) is 10.3. The standard InChI is InChI=1S/C15H16N2O3/c1-11-3-6-13(7-4-11)16(2)14-8-5-12(10-18)9-15(14)17(19)20/h3-9,18H,10H2,1-2H3. The van der Waals surface area contributed by atoms with Gasteiger partial charge in [-0.05, 0) is 30.7 Å². The topological polar surface area (TPSA) is 66.6 Å². The third-order valence-electron chi connectivity index (χ3n) is 3.20. The molecule has 5 nitrogen and oxygen atoms in total. The van der Waals surface area contributed by atoms with Gasteiger partial charge >= 0.3 is 0 Å². The molecule has 2 rings (SSSR count). The molecule has 0 unspecified atom stereocenters. The zero-order valence-corrected chi connectivity index (χ0v) is 11.4. The van der Waals surface area contributed by atoms with Crippen LogP contribution in [0.1, 0.15) is 11.1 Å². The van der Waals surface area contributed by atoms with Gasteiger partial charge in [0.2, 0.25) is 0 Å². The average Bonchev–Trinajstić information content (AvgIpc) is 2.46. The molecule has 0 aliphatic heterocycles. The van der Waals surface area contributed by atoms with Crippen molar-refractivity contribution in [3.63, 3.8) is 0 Å². The number of hydrogen-bond acceptors (Lipinski definition) is 4. The molecule has 0 fully saturated rings. The molecular weight excluding hydrogens is 256 g/mol. The van der Waals surface area contributed by atoms with Gasteiger partial charge in [0.1, 0.15) is 5.69 Å². The van der Waals surface area contributed by atoms with E-state index >= 15 is 0 Å². The average molecular weight is 272 g/mol. The molecule has 1 N–H and O–H groups in total. The number of nitro groups is 1. The van der Waals surface area contributed by atoms with Crippen LogP contribution in [0.25, 0.3) is 0 Å². The third kappa shape index (κ3) is 2.78. The van der Waals surface area contributed by atoms with Crippen molar-refractivity contribution in [1.29, 1.82) is 0 Å². The van der Waals surface area contributed by atoms with Crippen LogP contribution in [0, 0.1) is 17.0 Å². The maximum atomic E-state index is 11.2. The maximum Gasteiger partial charge on any atom is 0.293 e. The Kier molecular flexibility index (Phi) is 4.00. The van der Waals surface area contributed by atoms with Crippen molar-refractivity contribution in [2.24, 2.45) is 0 Å². The number of nitro benzene ring substituents is 1. The third-order valence-corrected chi connectivity index (χ3v) is 3.20. The predicted molar refractivity (Wildman–Crippen MR) is 78.3 cm³/mol. The Morgan fingerprint density at radius 3 is 2.40 bits per heavy atom. The monoisotopic (exact) mass is 272 g/mol. The van der Waals surface area contributed by atoms with E-state index in [0.29, 0.717) is 11.3 Å². The van der Waals surface area contributed by atoms with Crippen LogP contribution in [0.15, 0.2) is 42.5 Å². The highest BCUT2D eigenvalue weighted by Crippen LogP contribution is 2.33. The van der Waals surface area contributed by atoms with E-state index in [4.69, 9.17) is 5.11 Å². The van der Waals surface area contributed by atoms with Crippen LogP contribution in [0.4, 0.5) is 17.1 Å². The number of aliphatic hydroxyl groups is 1. The quantitative estimate of drug-likeness (QED) is 0.685. The van der Waals surface area contributed by atoms with E-state index < -0.39 is 4.92 Å². The Labute approximate surface area is 117 Å². The molecule has 104 valence electrons. The molecule has 2 aromatic carbocycles. The first-order valence-electron chi connectivity index (χ1n) is 6.21. The molecule has 2 aromatic rings. The smallest absolute Gasteiger partial charge is 0.293 e. The summed E-state index contributed by atoms with van der Waals surface area (Å²) in [6.45, 7) is 1.78. The van der Waals surface area contributed by atoms with Crippen LogP contribution in [0.5, 0.6) is 0 Å². The summed E-state index contributed by atoms with van der Waals surface area (Å²) >= 11 is 0. The Bertz CT molecular complexity index is 624. The molecule has 0 aliphatic rings. The molecule has 0 saturated carbocycles. The molecule has 0 amide bonds. The second-order valence-electron chi connectivity index (χ2n) is 4.63. The fraction of sp³-hybridized carbons (Fsp3) is 0.200. The lowest BCUT2D eigenvalue weighted by Crippen LogP contribution is -2.11. The van der Waals surface area contributed by atoms with E-state index in [0.717, 1.165) is 11.3 Å². The molecule has 0 heterocycles. The van der Waals surface area contributed by atoms with Crippen molar-refractivity contribution in [3.8, 4) is 0 Å². The van der Waals surface area contributed by atoms with E-state index in [-0.39, 0.29) is 12.3 Å². The van der Waals surface area contributed by atoms with Gasteiger partial charge in [-0.15, -0.1) is 0 Å². The first-order chi connectivity index (χ1) is 9.52. The zero-order valence-electron chi connectivity index (χ0n) is 11.4. The molecule has 0 saturated heterocycles. The number of rotatable bonds is 4. The van der Waals surface area contributed by atoms with E-state index in [9.17, 15) is 10.1 Å². The Balaban J connectivity index is 2.45. The molecule has 0 bridgehead atoms. The van der Waals surface area contributed by atoms with Gasteiger partial charge in [0.25, 0.3) is 5.69 Å². The number of aliphatic hydroxyl groups excluding tert-OH is 1. The van der Waals surface area contributed by atoms with Crippen molar-refractivity contribution in [2.45, 2.75) is 13.5 Å². The van der Waals surface area contributed by atoms with Gasteiger partial charge in [-0.3, -0.25) is 10.1 Å². The molecular formula is C15H16N2O3. The number of aryl methyl sites for hydroxylation is 1. The van der Waals surface area contributed by atoms with Crippen molar-refractivity contribution in [3.05, 3.63) is 63.7 Å². The van der Waals surface area contributed by atoms with E-state index in [1.54, 1.807) is 24.1 Å². The number of hydrogen-bond donors (Lipinski definition) is 1. The minimum absolute atomic E-state index is 0.0142. The summed E-state index contributed by atoms with van der Waals surface area (Å²) < 4.78 is 0. The summed E-state index contributed by atoms with van der Waals surface area (Å²) in [7, 11) is 1.78. The van der Waals surface area contributed by atoms with Gasteiger partial charge in [-0.25, -0.2) is 0 Å². The second kappa shape index (κ2) is 5.71. The van der Waals surface area contributed by atoms with Crippen molar-refractivity contribution in [1.82, 2.24) is 0 Å². The Morgan fingerprint density at radius 2 is 1.85 bits per heavy atom. The molecule has 0 spiro atoms. The van der Waals surface area contributed by atoms with Crippen LogP contribution in [-0.2, 0) is 6.61 Å². The summed E-state index contributed by atoms with van der Waals surface area (Å²) in [6, 6.07) is 12.5. The van der Waals surface area contributed by atoms with Crippen molar-refractivity contribution in [2.75, 3.05) is 11.9 Å². The summed E-state index contributed by atoms with van der Waals surface area (Å²) in [5, 5.41) is 20.3. The highest BCUT2D eigenvalue weighted by Gasteiger charge is 2.18. The van der Waals surface area contributed by atoms with Crippen LogP contribution < -0.4 is 4.90 Å². The van der Waals surface area contributed by atoms with Gasteiger partial charge in [0.15, 0.2) is 0 Å². The van der Waals surface area contributed by atoms with Crippen LogP contribution in [0.3, 0.4) is 0 Å². The highest BCUT2D eigenvalue weighted by atomic mass is 16.6. The minimum atomic E-state index is -0.431. The van der Waals surface area contributed by atoms with Gasteiger partial charge in [0.05, 0.1) is 11.5 Å². The summed E-state index contributed by atoms with van der Waals surface area (Å²) in [6.07, 6.45) is 0. The zero-order chi connectivity index (χ0) is 14.7. The van der Waals surface area contributed by atoms with Gasteiger partial charge < -0.3 is 10.0 Å². The summed E-state index contributed by atoms with van der Waals surface area (Å²) in [5.74, 6) is 0. The van der Waals surface area contributed by atoms with E-state index in [1.807, 2.05) is 31.2 Å². The lowest BCUT2D eigenvalue weighted by molar-refractivity contribution is -0.384. The first kappa shape index (κ1) is 14.0. The van der Waals surface area contributed by atoms with Gasteiger partial charge in [0, 0.05) is 18.8 Å². The summed E-state index contributed by atoms with van der Waals surface area (Å²) in [4.78, 5) is 12.5. The Morgan fingerprint density at radius 1 is 1.20 bits per heavy atom. The largest absolute Gasteiger partial charge is 0.392 e. The molecule has 20 heavy (non-hydrogen) atoms. The van der Waals surface area contributed by atoms with Gasteiger partial charge in [-0.2, -0.15) is 0 Å². The summed E-state index contributed by atoms with van der Waals surface area (Å²) in [5.41, 5.74) is 3.01. The molecule has 0 atom stereocenters. The Hall–Kier alpha value is -2.40. The maximum absolute atomic E-state index is 11.2. The fourth-order valence-electron chi connectivity index (χ4n) is 2.00.